The third kappa shape index (κ3) is 3.62. The summed E-state index contributed by atoms with van der Waals surface area (Å²) in [6, 6.07) is 8.48. The van der Waals surface area contributed by atoms with E-state index in [1.165, 1.54) is 13.3 Å². The lowest BCUT2D eigenvalue weighted by Gasteiger charge is -2.11. The van der Waals surface area contributed by atoms with Crippen molar-refractivity contribution in [2.45, 2.75) is 6.61 Å². The molecule has 0 fully saturated rings. The lowest BCUT2D eigenvalue weighted by molar-refractivity contribution is 0.0600. The molecule has 6 nitrogen and oxygen atoms in total. The molecule has 0 aliphatic heterocycles. The molecule has 1 aromatic carbocycles. The van der Waals surface area contributed by atoms with Crippen LogP contribution in [0.1, 0.15) is 16.1 Å². The number of aromatic nitrogens is 1. The predicted molar refractivity (Wildman–Crippen MR) is 77.3 cm³/mol. The molecule has 1 heterocycles. The van der Waals surface area contributed by atoms with Gasteiger partial charge in [0.2, 0.25) is 0 Å². The van der Waals surface area contributed by atoms with E-state index in [4.69, 9.17) is 15.2 Å². The average Bonchev–Trinajstić information content (AvgIpc) is 2.52. The third-order valence-electron chi connectivity index (χ3n) is 2.81. The minimum Gasteiger partial charge on any atom is -0.493 e. The molecule has 0 aliphatic carbocycles. The van der Waals surface area contributed by atoms with Crippen molar-refractivity contribution in [1.29, 1.82) is 0 Å². The summed E-state index contributed by atoms with van der Waals surface area (Å²) < 4.78 is 15.4. The molecule has 1 aromatic heterocycles. The summed E-state index contributed by atoms with van der Waals surface area (Å²) in [5.41, 5.74) is 7.36. The largest absolute Gasteiger partial charge is 0.493 e. The van der Waals surface area contributed by atoms with Gasteiger partial charge in [0.25, 0.3) is 0 Å². The van der Waals surface area contributed by atoms with Crippen LogP contribution in [0.2, 0.25) is 0 Å². The van der Waals surface area contributed by atoms with Gasteiger partial charge in [-0.05, 0) is 24.3 Å². The smallest absolute Gasteiger partial charge is 0.339 e. The molecule has 110 valence electrons. The molecule has 0 radical (unpaired) electrons. The van der Waals surface area contributed by atoms with Crippen LogP contribution in [0, 0.1) is 0 Å². The lowest BCUT2D eigenvalue weighted by Crippen LogP contribution is -2.04. The highest BCUT2D eigenvalue weighted by molar-refractivity contribution is 5.88. The summed E-state index contributed by atoms with van der Waals surface area (Å²) in [4.78, 5) is 15.4. The van der Waals surface area contributed by atoms with Crippen molar-refractivity contribution in [1.82, 2.24) is 4.98 Å². The van der Waals surface area contributed by atoms with Crippen LogP contribution in [0.15, 0.2) is 36.5 Å². The van der Waals surface area contributed by atoms with Crippen LogP contribution in [0.5, 0.6) is 11.5 Å². The number of carbonyl (C=O) groups excluding carboxylic acids is 1. The number of pyridine rings is 1. The van der Waals surface area contributed by atoms with Crippen molar-refractivity contribution >= 4 is 11.7 Å². The van der Waals surface area contributed by atoms with Gasteiger partial charge in [-0.1, -0.05) is 0 Å². The molecule has 0 amide bonds. The van der Waals surface area contributed by atoms with Gasteiger partial charge in [-0.15, -0.1) is 0 Å². The Morgan fingerprint density at radius 1 is 1.19 bits per heavy atom. The van der Waals surface area contributed by atoms with E-state index in [9.17, 15) is 4.79 Å². The fourth-order valence-corrected chi connectivity index (χ4v) is 1.71. The number of nitrogens with zero attached hydrogens (tertiary/aromatic N) is 1. The number of benzene rings is 1. The van der Waals surface area contributed by atoms with Crippen molar-refractivity contribution in [3.8, 4) is 11.5 Å². The molecular weight excluding hydrogens is 272 g/mol. The van der Waals surface area contributed by atoms with Crippen LogP contribution >= 0.6 is 0 Å². The summed E-state index contributed by atoms with van der Waals surface area (Å²) in [6.45, 7) is 0.237. The highest BCUT2D eigenvalue weighted by Crippen LogP contribution is 2.29. The Hall–Kier alpha value is -2.76. The molecule has 2 aromatic rings. The number of esters is 1. The van der Waals surface area contributed by atoms with Gasteiger partial charge in [-0.25, -0.2) is 4.79 Å². The number of nitrogen functional groups attached to an aromatic ring is 1. The molecule has 0 saturated carbocycles. The van der Waals surface area contributed by atoms with Gasteiger partial charge in [0.1, 0.15) is 6.61 Å². The van der Waals surface area contributed by atoms with E-state index >= 15 is 0 Å². The summed E-state index contributed by atoms with van der Waals surface area (Å²) in [5.74, 6) is 0.708. The number of ether oxygens (including phenoxy) is 3. The second kappa shape index (κ2) is 6.60. The number of hydrogen-bond acceptors (Lipinski definition) is 6. The maximum Gasteiger partial charge on any atom is 0.339 e. The zero-order valence-corrected chi connectivity index (χ0v) is 11.8. The van der Waals surface area contributed by atoms with E-state index in [1.54, 1.807) is 37.4 Å². The molecule has 0 unspecified atom stereocenters. The van der Waals surface area contributed by atoms with E-state index in [-0.39, 0.29) is 6.61 Å². The summed E-state index contributed by atoms with van der Waals surface area (Å²) in [5, 5.41) is 0. The number of hydrogen-bond donors (Lipinski definition) is 1. The van der Waals surface area contributed by atoms with Crippen molar-refractivity contribution in [2.75, 3.05) is 20.0 Å². The van der Waals surface area contributed by atoms with E-state index in [0.29, 0.717) is 28.4 Å². The quantitative estimate of drug-likeness (QED) is 0.669. The maximum absolute atomic E-state index is 11.3. The molecule has 2 rings (SSSR count). The van der Waals surface area contributed by atoms with Gasteiger partial charge in [-0.2, -0.15) is 0 Å². The Kier molecular flexibility index (Phi) is 4.61. The Bertz CT molecular complexity index is 626. The first kappa shape index (κ1) is 14.6. The SMILES string of the molecule is COC(=O)c1ccc(COc2cc(N)ccc2OC)nc1. The van der Waals surface area contributed by atoms with Crippen LogP contribution in [0.3, 0.4) is 0 Å². The van der Waals surface area contributed by atoms with E-state index in [0.717, 1.165) is 0 Å². The Labute approximate surface area is 122 Å². The second-order valence-corrected chi connectivity index (χ2v) is 4.23. The standard InChI is InChI=1S/C15H16N2O4/c1-19-13-6-4-11(16)7-14(13)21-9-12-5-3-10(8-17-12)15(18)20-2/h3-8H,9,16H2,1-2H3. The minimum absolute atomic E-state index is 0.237. The van der Waals surface area contributed by atoms with Gasteiger partial charge in [0.05, 0.1) is 25.5 Å². The summed E-state index contributed by atoms with van der Waals surface area (Å²) in [6.07, 6.45) is 1.45. The molecule has 0 aliphatic rings. The zero-order chi connectivity index (χ0) is 15.2. The van der Waals surface area contributed by atoms with Gasteiger partial charge < -0.3 is 19.9 Å². The first-order valence-corrected chi connectivity index (χ1v) is 6.23. The number of anilines is 1. The number of nitrogens with two attached hydrogens (primary N) is 1. The molecule has 0 bridgehead atoms. The van der Waals surface area contributed by atoms with E-state index in [1.807, 2.05) is 0 Å². The maximum atomic E-state index is 11.3. The van der Waals surface area contributed by atoms with Gasteiger partial charge in [0.15, 0.2) is 11.5 Å². The van der Waals surface area contributed by atoms with E-state index in [2.05, 4.69) is 9.72 Å². The molecular formula is C15H16N2O4. The van der Waals surface area contributed by atoms with Crippen molar-refractivity contribution in [3.63, 3.8) is 0 Å². The molecule has 0 saturated heterocycles. The summed E-state index contributed by atoms with van der Waals surface area (Å²) in [7, 11) is 2.88. The van der Waals surface area contributed by atoms with Crippen LogP contribution in [0.25, 0.3) is 0 Å². The fraction of sp³-hybridized carbons (Fsp3) is 0.200. The Balaban J connectivity index is 2.06. The zero-order valence-electron chi connectivity index (χ0n) is 11.8. The van der Waals surface area contributed by atoms with Gasteiger partial charge in [-0.3, -0.25) is 4.98 Å². The lowest BCUT2D eigenvalue weighted by atomic mass is 10.2. The van der Waals surface area contributed by atoms with Crippen LogP contribution in [0.4, 0.5) is 5.69 Å². The van der Waals surface area contributed by atoms with Crippen molar-refractivity contribution < 1.29 is 19.0 Å². The molecule has 0 atom stereocenters. The first-order valence-electron chi connectivity index (χ1n) is 6.23. The van der Waals surface area contributed by atoms with Crippen LogP contribution < -0.4 is 15.2 Å². The van der Waals surface area contributed by atoms with Crippen LogP contribution in [-0.4, -0.2) is 25.2 Å². The Morgan fingerprint density at radius 3 is 2.62 bits per heavy atom. The predicted octanol–water partition coefficient (Wildman–Crippen LogP) is 2.04. The van der Waals surface area contributed by atoms with Crippen molar-refractivity contribution in [3.05, 3.63) is 47.8 Å². The fourth-order valence-electron chi connectivity index (χ4n) is 1.71. The highest BCUT2D eigenvalue weighted by Gasteiger charge is 2.08. The molecule has 21 heavy (non-hydrogen) atoms. The minimum atomic E-state index is -0.424. The number of carbonyl (C=O) groups is 1. The Morgan fingerprint density at radius 2 is 2.00 bits per heavy atom. The highest BCUT2D eigenvalue weighted by atomic mass is 16.5. The normalized spacial score (nSPS) is 10.0. The number of methoxy groups -OCH3 is 2. The molecule has 6 heteroatoms. The third-order valence-corrected chi connectivity index (χ3v) is 2.81. The van der Waals surface area contributed by atoms with Crippen LogP contribution in [-0.2, 0) is 11.3 Å². The molecule has 2 N–H and O–H groups in total. The molecule has 0 spiro atoms. The summed E-state index contributed by atoms with van der Waals surface area (Å²) >= 11 is 0. The van der Waals surface area contributed by atoms with Gasteiger partial charge in [0, 0.05) is 18.0 Å². The number of rotatable bonds is 5. The monoisotopic (exact) mass is 288 g/mol. The van der Waals surface area contributed by atoms with E-state index < -0.39 is 5.97 Å². The average molecular weight is 288 g/mol. The topological polar surface area (TPSA) is 83.7 Å². The second-order valence-electron chi connectivity index (χ2n) is 4.23. The van der Waals surface area contributed by atoms with Gasteiger partial charge >= 0.3 is 5.97 Å². The van der Waals surface area contributed by atoms with Crippen molar-refractivity contribution in [2.24, 2.45) is 0 Å². The first-order chi connectivity index (χ1) is 10.1.